The minimum atomic E-state index is -0.0649. The Morgan fingerprint density at radius 2 is 1.50 bits per heavy atom. The quantitative estimate of drug-likeness (QED) is 0.625. The second kappa shape index (κ2) is 3.05. The van der Waals surface area contributed by atoms with E-state index in [1.54, 1.807) is 14.2 Å². The van der Waals surface area contributed by atoms with Gasteiger partial charge in [0.1, 0.15) is 0 Å². The molecule has 78 valence electrons. The first kappa shape index (κ1) is 8.89. The standard InChI is InChI=1S/C11H16O3/c1-12-10-8-6-3-4-7(5-6)9(8)11(13-2)14-10/h3-4,6-11H,5H2,1-2H3/t6-,7-,8-,9-,10-,11+/m0/s1. The van der Waals surface area contributed by atoms with Crippen LogP contribution in [0.3, 0.4) is 0 Å². The van der Waals surface area contributed by atoms with Crippen LogP contribution in [0.4, 0.5) is 0 Å². The van der Waals surface area contributed by atoms with Crippen LogP contribution in [0.1, 0.15) is 6.42 Å². The third-order valence-corrected chi connectivity index (χ3v) is 3.94. The molecule has 6 atom stereocenters. The maximum absolute atomic E-state index is 5.72. The Labute approximate surface area is 84.0 Å². The first-order chi connectivity index (χ1) is 6.85. The van der Waals surface area contributed by atoms with Gasteiger partial charge in [-0.3, -0.25) is 0 Å². The number of ether oxygens (including phenoxy) is 3. The lowest BCUT2D eigenvalue weighted by Crippen LogP contribution is -2.27. The number of allylic oxidation sites excluding steroid dienone is 2. The average molecular weight is 196 g/mol. The van der Waals surface area contributed by atoms with Gasteiger partial charge in [-0.15, -0.1) is 0 Å². The van der Waals surface area contributed by atoms with Crippen LogP contribution in [0.15, 0.2) is 12.2 Å². The normalized spacial score (nSPS) is 54.1. The number of hydrogen-bond donors (Lipinski definition) is 0. The number of methoxy groups -OCH3 is 2. The van der Waals surface area contributed by atoms with E-state index < -0.39 is 0 Å². The van der Waals surface area contributed by atoms with Crippen LogP contribution in [-0.2, 0) is 14.2 Å². The number of fused-ring (bicyclic) bond motifs is 5. The number of hydrogen-bond acceptors (Lipinski definition) is 3. The van der Waals surface area contributed by atoms with Gasteiger partial charge in [0.15, 0.2) is 12.6 Å². The summed E-state index contributed by atoms with van der Waals surface area (Å²) in [5.74, 6) is 2.32. The molecule has 0 spiro atoms. The van der Waals surface area contributed by atoms with Crippen molar-refractivity contribution in [3.05, 3.63) is 12.2 Å². The summed E-state index contributed by atoms with van der Waals surface area (Å²) in [6.45, 7) is 0. The zero-order chi connectivity index (χ0) is 9.71. The van der Waals surface area contributed by atoms with Crippen LogP contribution in [0.5, 0.6) is 0 Å². The van der Waals surface area contributed by atoms with Gasteiger partial charge in [0.2, 0.25) is 0 Å². The van der Waals surface area contributed by atoms with Crippen molar-refractivity contribution >= 4 is 0 Å². The van der Waals surface area contributed by atoms with Gasteiger partial charge in [-0.1, -0.05) is 12.2 Å². The molecule has 1 aliphatic heterocycles. The second-order valence-corrected chi connectivity index (χ2v) is 4.45. The molecule has 1 saturated heterocycles. The molecule has 3 rings (SSSR count). The minimum Gasteiger partial charge on any atom is -0.355 e. The summed E-state index contributed by atoms with van der Waals surface area (Å²) in [4.78, 5) is 0. The predicted molar refractivity (Wildman–Crippen MR) is 50.4 cm³/mol. The van der Waals surface area contributed by atoms with Crippen molar-refractivity contribution in [3.63, 3.8) is 0 Å². The van der Waals surface area contributed by atoms with Gasteiger partial charge in [-0.25, -0.2) is 0 Å². The van der Waals surface area contributed by atoms with Gasteiger partial charge in [-0.2, -0.15) is 0 Å². The molecule has 2 bridgehead atoms. The Balaban J connectivity index is 1.89. The largest absolute Gasteiger partial charge is 0.355 e. The maximum atomic E-state index is 5.72. The molecule has 2 aliphatic carbocycles. The lowest BCUT2D eigenvalue weighted by Gasteiger charge is -2.23. The summed E-state index contributed by atoms with van der Waals surface area (Å²) in [6.07, 6.45) is 5.77. The molecule has 3 heteroatoms. The lowest BCUT2D eigenvalue weighted by molar-refractivity contribution is -0.202. The Morgan fingerprint density at radius 3 is 1.93 bits per heavy atom. The average Bonchev–Trinajstić information content (AvgIpc) is 2.88. The monoisotopic (exact) mass is 196 g/mol. The molecule has 1 heterocycles. The zero-order valence-corrected chi connectivity index (χ0v) is 8.55. The first-order valence-corrected chi connectivity index (χ1v) is 5.24. The van der Waals surface area contributed by atoms with Gasteiger partial charge < -0.3 is 14.2 Å². The van der Waals surface area contributed by atoms with E-state index in [-0.39, 0.29) is 12.6 Å². The van der Waals surface area contributed by atoms with Gasteiger partial charge >= 0.3 is 0 Å². The summed E-state index contributed by atoms with van der Waals surface area (Å²) in [6, 6.07) is 0. The molecule has 0 unspecified atom stereocenters. The molecule has 1 saturated carbocycles. The van der Waals surface area contributed by atoms with E-state index >= 15 is 0 Å². The highest BCUT2D eigenvalue weighted by molar-refractivity contribution is 5.16. The molecule has 0 aromatic carbocycles. The summed E-state index contributed by atoms with van der Waals surface area (Å²) in [5.41, 5.74) is 0. The van der Waals surface area contributed by atoms with E-state index in [1.807, 2.05) is 0 Å². The number of rotatable bonds is 2. The molecule has 0 N–H and O–H groups in total. The third kappa shape index (κ3) is 0.977. The summed E-state index contributed by atoms with van der Waals surface area (Å²) >= 11 is 0. The van der Waals surface area contributed by atoms with Crippen LogP contribution in [0.2, 0.25) is 0 Å². The fourth-order valence-corrected chi connectivity index (χ4v) is 3.40. The van der Waals surface area contributed by atoms with E-state index in [0.717, 1.165) is 0 Å². The molecule has 3 aliphatic rings. The van der Waals surface area contributed by atoms with E-state index in [9.17, 15) is 0 Å². The molecular weight excluding hydrogens is 180 g/mol. The Morgan fingerprint density at radius 1 is 1.00 bits per heavy atom. The van der Waals surface area contributed by atoms with Crippen molar-refractivity contribution in [1.82, 2.24) is 0 Å². The summed E-state index contributed by atoms with van der Waals surface area (Å²) < 4.78 is 16.5. The van der Waals surface area contributed by atoms with E-state index in [0.29, 0.717) is 23.7 Å². The molecule has 0 aromatic heterocycles. The third-order valence-electron chi connectivity index (χ3n) is 3.94. The van der Waals surface area contributed by atoms with E-state index in [2.05, 4.69) is 12.2 Å². The van der Waals surface area contributed by atoms with E-state index in [4.69, 9.17) is 14.2 Å². The second-order valence-electron chi connectivity index (χ2n) is 4.45. The maximum Gasteiger partial charge on any atom is 0.164 e. The smallest absolute Gasteiger partial charge is 0.164 e. The fourth-order valence-electron chi connectivity index (χ4n) is 3.40. The van der Waals surface area contributed by atoms with Crippen LogP contribution in [0, 0.1) is 23.7 Å². The van der Waals surface area contributed by atoms with Crippen molar-refractivity contribution in [3.8, 4) is 0 Å². The van der Waals surface area contributed by atoms with E-state index in [1.165, 1.54) is 6.42 Å². The van der Waals surface area contributed by atoms with Crippen molar-refractivity contribution in [2.24, 2.45) is 23.7 Å². The highest BCUT2D eigenvalue weighted by Gasteiger charge is 2.57. The van der Waals surface area contributed by atoms with Crippen molar-refractivity contribution < 1.29 is 14.2 Å². The van der Waals surface area contributed by atoms with Gasteiger partial charge in [0.25, 0.3) is 0 Å². The van der Waals surface area contributed by atoms with Crippen LogP contribution in [0.25, 0.3) is 0 Å². The van der Waals surface area contributed by atoms with Crippen LogP contribution >= 0.6 is 0 Å². The summed E-state index contributed by atoms with van der Waals surface area (Å²) in [5, 5.41) is 0. The van der Waals surface area contributed by atoms with Gasteiger partial charge in [0.05, 0.1) is 0 Å². The SMILES string of the molecule is CO[C@@H]1O[C@H](OC)[C@@H]2[C@@H]1[C@H]1C=C[C@H]2C1. The molecule has 0 radical (unpaired) electrons. The topological polar surface area (TPSA) is 27.7 Å². The summed E-state index contributed by atoms with van der Waals surface area (Å²) in [7, 11) is 3.44. The molecule has 0 aromatic rings. The molecular formula is C11H16O3. The Bertz CT molecular complexity index is 239. The van der Waals surface area contributed by atoms with Crippen LogP contribution < -0.4 is 0 Å². The van der Waals surface area contributed by atoms with Gasteiger partial charge in [0, 0.05) is 26.1 Å². The molecule has 2 fully saturated rings. The molecule has 3 nitrogen and oxygen atoms in total. The van der Waals surface area contributed by atoms with Crippen LogP contribution in [-0.4, -0.2) is 26.8 Å². The lowest BCUT2D eigenvalue weighted by atomic mass is 9.84. The van der Waals surface area contributed by atoms with Crippen molar-refractivity contribution in [1.29, 1.82) is 0 Å². The fraction of sp³-hybridized carbons (Fsp3) is 0.818. The van der Waals surface area contributed by atoms with Gasteiger partial charge in [-0.05, 0) is 18.3 Å². The van der Waals surface area contributed by atoms with Crippen molar-refractivity contribution in [2.75, 3.05) is 14.2 Å². The predicted octanol–water partition coefficient (Wildman–Crippen LogP) is 1.40. The Kier molecular flexibility index (Phi) is 1.94. The minimum absolute atomic E-state index is 0.0649. The highest BCUT2D eigenvalue weighted by atomic mass is 16.8. The first-order valence-electron chi connectivity index (χ1n) is 5.24. The molecule has 14 heavy (non-hydrogen) atoms. The zero-order valence-electron chi connectivity index (χ0n) is 8.55. The Hall–Kier alpha value is -0.380. The van der Waals surface area contributed by atoms with Crippen molar-refractivity contribution in [2.45, 2.75) is 19.0 Å². The highest BCUT2D eigenvalue weighted by Crippen LogP contribution is 2.55. The molecule has 0 amide bonds.